The second-order valence-electron chi connectivity index (χ2n) is 4.35. The topological polar surface area (TPSA) is 75.5 Å². The van der Waals surface area contributed by atoms with Crippen molar-refractivity contribution in [3.8, 4) is 0 Å². The Balaban J connectivity index is 1.75. The van der Waals surface area contributed by atoms with E-state index in [0.717, 1.165) is 10.8 Å². The van der Waals surface area contributed by atoms with E-state index in [1.807, 2.05) is 0 Å². The van der Waals surface area contributed by atoms with E-state index in [9.17, 15) is 0 Å². The molecule has 1 aromatic rings. The third-order valence-electron chi connectivity index (χ3n) is 2.81. The molecule has 0 aliphatic carbocycles. The summed E-state index contributed by atoms with van der Waals surface area (Å²) in [5, 5.41) is 0.863. The van der Waals surface area contributed by atoms with Crippen molar-refractivity contribution < 1.29 is 0 Å². The first-order valence-electron chi connectivity index (χ1n) is 5.93. The monoisotopic (exact) mass is 271 g/mol. The van der Waals surface area contributed by atoms with E-state index in [1.54, 1.807) is 11.8 Å². The number of nitrogens with zero attached hydrogens (tertiary/aromatic N) is 4. The average Bonchev–Trinajstić information content (AvgIpc) is 2.84. The molecule has 0 saturated heterocycles. The van der Waals surface area contributed by atoms with Gasteiger partial charge in [-0.05, 0) is 12.5 Å². The van der Waals surface area contributed by atoms with Crippen LogP contribution in [0.25, 0.3) is 0 Å². The van der Waals surface area contributed by atoms with Crippen molar-refractivity contribution in [1.29, 1.82) is 0 Å². The molecule has 0 saturated carbocycles. The van der Waals surface area contributed by atoms with Gasteiger partial charge in [0.05, 0.1) is 0 Å². The van der Waals surface area contributed by atoms with Crippen molar-refractivity contribution in [2.24, 2.45) is 25.7 Å². The first-order valence-corrected chi connectivity index (χ1v) is 6.91. The Morgan fingerprint density at radius 3 is 3.05 bits per heavy atom. The summed E-state index contributed by atoms with van der Waals surface area (Å²) in [6.07, 6.45) is 1.52. The number of amidine groups is 1. The summed E-state index contributed by atoms with van der Waals surface area (Å²) in [4.78, 5) is 16.7. The van der Waals surface area contributed by atoms with Gasteiger partial charge in [-0.1, -0.05) is 29.8 Å². The Morgan fingerprint density at radius 2 is 2.21 bits per heavy atom. The maximum atomic E-state index is 5.69. The Kier molecular flexibility index (Phi) is 3.16. The summed E-state index contributed by atoms with van der Waals surface area (Å²) < 4.78 is 0. The highest BCUT2D eigenvalue weighted by Gasteiger charge is 2.28. The highest BCUT2D eigenvalue weighted by Crippen LogP contribution is 2.22. The third kappa shape index (κ3) is 2.58. The number of nitrogens with two attached hydrogens (primary N) is 1. The van der Waals surface area contributed by atoms with E-state index >= 15 is 0 Å². The normalized spacial score (nSPS) is 20.7. The molecule has 96 valence electrons. The highest BCUT2D eigenvalue weighted by molar-refractivity contribution is 8.13. The SMILES string of the molecule is Cc1cccc(CSC2=NC(N)=NC3=NC=NC32)c1. The van der Waals surface area contributed by atoms with Crippen molar-refractivity contribution in [3.05, 3.63) is 35.4 Å². The molecule has 19 heavy (non-hydrogen) atoms. The average molecular weight is 271 g/mol. The minimum atomic E-state index is -0.165. The quantitative estimate of drug-likeness (QED) is 0.890. The van der Waals surface area contributed by atoms with Gasteiger partial charge in [-0.3, -0.25) is 4.99 Å². The summed E-state index contributed by atoms with van der Waals surface area (Å²) in [6, 6.07) is 8.25. The molecule has 1 atom stereocenters. The molecule has 6 heteroatoms. The molecule has 5 nitrogen and oxygen atoms in total. The van der Waals surface area contributed by atoms with Gasteiger partial charge in [0.15, 0.2) is 11.9 Å². The van der Waals surface area contributed by atoms with Gasteiger partial charge in [0.25, 0.3) is 0 Å². The highest BCUT2D eigenvalue weighted by atomic mass is 32.2. The van der Waals surface area contributed by atoms with E-state index in [0.29, 0.717) is 5.84 Å². The molecule has 2 heterocycles. The molecule has 0 amide bonds. The summed E-state index contributed by atoms with van der Waals surface area (Å²) in [5.41, 5.74) is 8.20. The van der Waals surface area contributed by atoms with Crippen LogP contribution in [0.2, 0.25) is 0 Å². The molecule has 2 aliphatic rings. The van der Waals surface area contributed by atoms with Gasteiger partial charge in [0.2, 0.25) is 5.96 Å². The Morgan fingerprint density at radius 1 is 1.32 bits per heavy atom. The van der Waals surface area contributed by atoms with Crippen LogP contribution in [0.3, 0.4) is 0 Å². The zero-order valence-electron chi connectivity index (χ0n) is 10.4. The fourth-order valence-corrected chi connectivity index (χ4v) is 2.92. The van der Waals surface area contributed by atoms with Crippen LogP contribution in [0.4, 0.5) is 0 Å². The van der Waals surface area contributed by atoms with Crippen molar-refractivity contribution in [3.63, 3.8) is 0 Å². The van der Waals surface area contributed by atoms with Crippen LogP contribution < -0.4 is 5.73 Å². The lowest BCUT2D eigenvalue weighted by Gasteiger charge is -2.15. The number of benzene rings is 1. The van der Waals surface area contributed by atoms with Crippen molar-refractivity contribution in [2.45, 2.75) is 18.7 Å². The molecular formula is C13H13N5S. The van der Waals surface area contributed by atoms with Gasteiger partial charge in [0, 0.05) is 5.75 Å². The number of hydrogen-bond acceptors (Lipinski definition) is 6. The fraction of sp³-hybridized carbons (Fsp3) is 0.231. The molecule has 0 fully saturated rings. The second-order valence-corrected chi connectivity index (χ2v) is 5.35. The van der Waals surface area contributed by atoms with E-state index in [1.165, 1.54) is 17.5 Å². The van der Waals surface area contributed by atoms with E-state index in [4.69, 9.17) is 5.73 Å². The first-order chi connectivity index (χ1) is 9.22. The molecular weight excluding hydrogens is 258 g/mol. The number of hydrogen-bond donors (Lipinski definition) is 1. The van der Waals surface area contributed by atoms with Crippen molar-refractivity contribution in [2.75, 3.05) is 0 Å². The summed E-state index contributed by atoms with van der Waals surface area (Å²) in [6.45, 7) is 2.09. The maximum Gasteiger partial charge on any atom is 0.222 e. The predicted octanol–water partition coefficient (Wildman–Crippen LogP) is 1.76. The molecule has 0 spiro atoms. The number of thioether (sulfide) groups is 1. The number of aryl methyl sites for hydroxylation is 1. The predicted molar refractivity (Wildman–Crippen MR) is 81.2 cm³/mol. The molecule has 0 aromatic heterocycles. The van der Waals surface area contributed by atoms with Crippen LogP contribution in [-0.2, 0) is 5.75 Å². The van der Waals surface area contributed by atoms with E-state index in [2.05, 4.69) is 51.2 Å². The third-order valence-corrected chi connectivity index (χ3v) is 3.90. The number of rotatable bonds is 2. The number of fused-ring (bicyclic) bond motifs is 1. The zero-order chi connectivity index (χ0) is 13.2. The lowest BCUT2D eigenvalue weighted by atomic mass is 10.2. The minimum absolute atomic E-state index is 0.165. The van der Waals surface area contributed by atoms with E-state index < -0.39 is 0 Å². The minimum Gasteiger partial charge on any atom is -0.368 e. The lowest BCUT2D eigenvalue weighted by molar-refractivity contribution is 1.15. The Bertz CT molecular complexity index is 630. The van der Waals surface area contributed by atoms with E-state index in [-0.39, 0.29) is 12.0 Å². The molecule has 1 aromatic carbocycles. The largest absolute Gasteiger partial charge is 0.368 e. The first kappa shape index (κ1) is 12.1. The van der Waals surface area contributed by atoms with Gasteiger partial charge in [-0.2, -0.15) is 4.99 Å². The second kappa shape index (κ2) is 4.97. The van der Waals surface area contributed by atoms with Crippen molar-refractivity contribution >= 4 is 34.9 Å². The number of guanidine groups is 1. The van der Waals surface area contributed by atoms with Gasteiger partial charge in [0.1, 0.15) is 11.4 Å². The van der Waals surface area contributed by atoms with Crippen molar-refractivity contribution in [1.82, 2.24) is 0 Å². The fourth-order valence-electron chi connectivity index (χ4n) is 1.95. The molecule has 3 rings (SSSR count). The molecule has 0 bridgehead atoms. The van der Waals surface area contributed by atoms with Crippen LogP contribution in [0.1, 0.15) is 11.1 Å². The molecule has 0 radical (unpaired) electrons. The standard InChI is InChI=1S/C13H13N5S/c1-8-3-2-4-9(5-8)6-19-12-10-11(16-7-15-10)17-13(14)18-12/h2-5,7,10H,6H2,1H3,(H2,14,15,16,17). The van der Waals surface area contributed by atoms with Crippen LogP contribution in [0.15, 0.2) is 44.2 Å². The Hall–Kier alpha value is -1.95. The molecule has 1 unspecified atom stereocenters. The number of aliphatic imine (C=N–C) groups is 4. The van der Waals surface area contributed by atoms with Gasteiger partial charge < -0.3 is 5.73 Å². The van der Waals surface area contributed by atoms with Crippen LogP contribution in [0.5, 0.6) is 0 Å². The van der Waals surface area contributed by atoms with Crippen LogP contribution in [0, 0.1) is 6.92 Å². The lowest BCUT2D eigenvalue weighted by Crippen LogP contribution is -2.31. The van der Waals surface area contributed by atoms with Gasteiger partial charge in [-0.15, -0.1) is 11.8 Å². The zero-order valence-corrected chi connectivity index (χ0v) is 11.3. The van der Waals surface area contributed by atoms with Gasteiger partial charge >= 0.3 is 0 Å². The smallest absolute Gasteiger partial charge is 0.222 e. The van der Waals surface area contributed by atoms with Crippen LogP contribution in [-0.4, -0.2) is 29.2 Å². The Labute approximate surface area is 115 Å². The molecule has 2 aliphatic heterocycles. The summed E-state index contributed by atoms with van der Waals surface area (Å²) in [5.74, 6) is 1.74. The summed E-state index contributed by atoms with van der Waals surface area (Å²) >= 11 is 1.63. The summed E-state index contributed by atoms with van der Waals surface area (Å²) in [7, 11) is 0. The van der Waals surface area contributed by atoms with Gasteiger partial charge in [-0.25, -0.2) is 9.98 Å². The molecule has 2 N–H and O–H groups in total. The van der Waals surface area contributed by atoms with Crippen LogP contribution >= 0.6 is 11.8 Å². The maximum absolute atomic E-state index is 5.69.